The van der Waals surface area contributed by atoms with E-state index in [0.717, 1.165) is 11.1 Å². The quantitative estimate of drug-likeness (QED) is 0.666. The first-order valence-corrected chi connectivity index (χ1v) is 7.89. The van der Waals surface area contributed by atoms with Crippen LogP contribution in [0.2, 0.25) is 0 Å². The summed E-state index contributed by atoms with van der Waals surface area (Å²) in [6, 6.07) is 7.48. The molecule has 0 bridgehead atoms. The lowest BCUT2D eigenvalue weighted by molar-refractivity contribution is 0.324. The maximum absolute atomic E-state index is 5.38. The highest BCUT2D eigenvalue weighted by Gasteiger charge is 2.13. The topological polar surface area (TPSA) is 55.4 Å². The lowest BCUT2D eigenvalue weighted by atomic mass is 10.1. The lowest BCUT2D eigenvalue weighted by Crippen LogP contribution is -1.96. The van der Waals surface area contributed by atoms with Crippen molar-refractivity contribution in [3.05, 3.63) is 35.4 Å². The summed E-state index contributed by atoms with van der Waals surface area (Å²) in [7, 11) is 9.50. The molecule has 26 heavy (non-hydrogen) atoms. The highest BCUT2D eigenvalue weighted by molar-refractivity contribution is 5.75. The number of hydrogen-bond acceptors (Lipinski definition) is 6. The summed E-state index contributed by atoms with van der Waals surface area (Å²) in [6.45, 7) is 0. The Labute approximate surface area is 153 Å². The minimum Gasteiger partial charge on any atom is -0.493 e. The zero-order valence-electron chi connectivity index (χ0n) is 15.9. The van der Waals surface area contributed by atoms with Crippen molar-refractivity contribution in [2.45, 2.75) is 0 Å². The molecule has 0 saturated heterocycles. The summed E-state index contributed by atoms with van der Waals surface area (Å²) >= 11 is 0. The maximum atomic E-state index is 5.38. The van der Waals surface area contributed by atoms with Gasteiger partial charge in [0.05, 0.1) is 42.7 Å². The summed E-state index contributed by atoms with van der Waals surface area (Å²) in [4.78, 5) is 0. The van der Waals surface area contributed by atoms with Crippen molar-refractivity contribution in [3.8, 4) is 34.5 Å². The van der Waals surface area contributed by atoms with Crippen LogP contribution in [-0.4, -0.2) is 42.7 Å². The number of benzene rings is 2. The summed E-state index contributed by atoms with van der Waals surface area (Å²) < 4.78 is 32.2. The molecule has 0 unspecified atom stereocenters. The van der Waals surface area contributed by atoms with Crippen molar-refractivity contribution in [1.29, 1.82) is 0 Å². The van der Waals surface area contributed by atoms with E-state index >= 15 is 0 Å². The van der Waals surface area contributed by atoms with Gasteiger partial charge in [-0.15, -0.1) is 0 Å². The zero-order chi connectivity index (χ0) is 19.1. The average molecular weight is 360 g/mol. The van der Waals surface area contributed by atoms with Gasteiger partial charge in [-0.2, -0.15) is 0 Å². The number of hydrogen-bond donors (Lipinski definition) is 0. The Balaban J connectivity index is 2.44. The Bertz CT molecular complexity index is 666. The summed E-state index contributed by atoms with van der Waals surface area (Å²) in [6.07, 6.45) is 3.87. The van der Waals surface area contributed by atoms with Crippen LogP contribution in [0.25, 0.3) is 12.2 Å². The van der Waals surface area contributed by atoms with Crippen LogP contribution in [0.5, 0.6) is 34.5 Å². The molecule has 0 atom stereocenters. The van der Waals surface area contributed by atoms with Crippen LogP contribution in [0.15, 0.2) is 24.3 Å². The molecule has 2 aromatic carbocycles. The molecule has 0 radical (unpaired) electrons. The van der Waals surface area contributed by atoms with Crippen LogP contribution in [-0.2, 0) is 0 Å². The summed E-state index contributed by atoms with van der Waals surface area (Å²) in [5.74, 6) is 3.49. The van der Waals surface area contributed by atoms with Gasteiger partial charge in [-0.1, -0.05) is 12.2 Å². The van der Waals surface area contributed by atoms with E-state index in [9.17, 15) is 0 Å². The van der Waals surface area contributed by atoms with Gasteiger partial charge in [0.1, 0.15) is 0 Å². The van der Waals surface area contributed by atoms with Gasteiger partial charge in [-0.25, -0.2) is 0 Å². The van der Waals surface area contributed by atoms with Crippen LogP contribution >= 0.6 is 0 Å². The number of ether oxygens (including phenoxy) is 6. The summed E-state index contributed by atoms with van der Waals surface area (Å²) in [5, 5.41) is 0. The van der Waals surface area contributed by atoms with Crippen molar-refractivity contribution in [1.82, 2.24) is 0 Å². The highest BCUT2D eigenvalue weighted by atomic mass is 16.5. The van der Waals surface area contributed by atoms with Crippen LogP contribution in [0, 0.1) is 0 Å². The monoisotopic (exact) mass is 360 g/mol. The molecule has 2 aromatic rings. The zero-order valence-corrected chi connectivity index (χ0v) is 15.9. The highest BCUT2D eigenvalue weighted by Crippen LogP contribution is 2.40. The molecule has 0 fully saturated rings. The SMILES string of the molecule is COc1cc(/C=C\c2cc(OC)c(OC)c(OC)c2)cc(OC)c1OC. The van der Waals surface area contributed by atoms with Gasteiger partial charge in [0.2, 0.25) is 11.5 Å². The van der Waals surface area contributed by atoms with Crippen molar-refractivity contribution in [2.24, 2.45) is 0 Å². The molecule has 0 saturated carbocycles. The van der Waals surface area contributed by atoms with Gasteiger partial charge in [0, 0.05) is 0 Å². The van der Waals surface area contributed by atoms with E-state index in [-0.39, 0.29) is 0 Å². The first-order valence-electron chi connectivity index (χ1n) is 7.89. The molecule has 0 aliphatic rings. The lowest BCUT2D eigenvalue weighted by Gasteiger charge is -2.13. The van der Waals surface area contributed by atoms with Crippen molar-refractivity contribution < 1.29 is 28.4 Å². The van der Waals surface area contributed by atoms with E-state index in [4.69, 9.17) is 28.4 Å². The summed E-state index contributed by atoms with van der Waals surface area (Å²) in [5.41, 5.74) is 1.79. The molecule has 0 N–H and O–H groups in total. The first kappa shape index (κ1) is 19.3. The maximum Gasteiger partial charge on any atom is 0.203 e. The van der Waals surface area contributed by atoms with Crippen molar-refractivity contribution in [2.75, 3.05) is 42.7 Å². The predicted octanol–water partition coefficient (Wildman–Crippen LogP) is 3.91. The first-order chi connectivity index (χ1) is 12.6. The predicted molar refractivity (Wildman–Crippen MR) is 101 cm³/mol. The third kappa shape index (κ3) is 3.96. The Kier molecular flexibility index (Phi) is 6.60. The molecule has 0 amide bonds. The second-order valence-electron chi connectivity index (χ2n) is 5.25. The Hall–Kier alpha value is -3.02. The molecular formula is C20H24O6. The molecule has 140 valence electrons. The van der Waals surface area contributed by atoms with Crippen LogP contribution in [0.1, 0.15) is 11.1 Å². The fraction of sp³-hybridized carbons (Fsp3) is 0.300. The van der Waals surface area contributed by atoms with Crippen molar-refractivity contribution >= 4 is 12.2 Å². The average Bonchev–Trinajstić information content (AvgIpc) is 2.70. The van der Waals surface area contributed by atoms with Gasteiger partial charge < -0.3 is 28.4 Å². The number of rotatable bonds is 8. The molecule has 0 aliphatic heterocycles. The second-order valence-corrected chi connectivity index (χ2v) is 5.25. The van der Waals surface area contributed by atoms with E-state index in [1.165, 1.54) is 0 Å². The molecule has 0 aliphatic carbocycles. The van der Waals surface area contributed by atoms with E-state index in [0.29, 0.717) is 34.5 Å². The molecule has 2 rings (SSSR count). The molecule has 0 heterocycles. The van der Waals surface area contributed by atoms with Crippen LogP contribution in [0.4, 0.5) is 0 Å². The smallest absolute Gasteiger partial charge is 0.203 e. The van der Waals surface area contributed by atoms with E-state index in [1.807, 2.05) is 36.4 Å². The van der Waals surface area contributed by atoms with E-state index in [2.05, 4.69) is 0 Å². The van der Waals surface area contributed by atoms with Gasteiger partial charge in [-0.3, -0.25) is 0 Å². The standard InChI is InChI=1S/C20H24O6/c1-21-15-9-13(10-16(22-2)19(15)25-5)7-8-14-11-17(23-3)20(26-6)18(12-14)24-4/h7-12H,1-6H3/b8-7-. The fourth-order valence-electron chi connectivity index (χ4n) is 2.59. The van der Waals surface area contributed by atoms with E-state index < -0.39 is 0 Å². The minimum absolute atomic E-state index is 0.555. The van der Waals surface area contributed by atoms with Crippen LogP contribution in [0.3, 0.4) is 0 Å². The van der Waals surface area contributed by atoms with Gasteiger partial charge in [-0.05, 0) is 35.4 Å². The van der Waals surface area contributed by atoms with Crippen LogP contribution < -0.4 is 28.4 Å². The minimum atomic E-state index is 0.555. The van der Waals surface area contributed by atoms with Gasteiger partial charge >= 0.3 is 0 Å². The van der Waals surface area contributed by atoms with Gasteiger partial charge in [0.15, 0.2) is 23.0 Å². The molecule has 6 nitrogen and oxygen atoms in total. The fourth-order valence-corrected chi connectivity index (χ4v) is 2.59. The Morgan fingerprint density at radius 2 is 0.731 bits per heavy atom. The molecule has 6 heteroatoms. The number of methoxy groups -OCH3 is 6. The largest absolute Gasteiger partial charge is 0.493 e. The molecule has 0 spiro atoms. The van der Waals surface area contributed by atoms with Crippen molar-refractivity contribution in [3.63, 3.8) is 0 Å². The Morgan fingerprint density at radius 1 is 0.462 bits per heavy atom. The normalized spacial score (nSPS) is 10.5. The second kappa shape index (κ2) is 8.89. The third-order valence-electron chi connectivity index (χ3n) is 3.84. The van der Waals surface area contributed by atoms with E-state index in [1.54, 1.807) is 42.7 Å². The Morgan fingerprint density at radius 3 is 0.923 bits per heavy atom. The van der Waals surface area contributed by atoms with Gasteiger partial charge in [0.25, 0.3) is 0 Å². The molecule has 0 aromatic heterocycles. The molecular weight excluding hydrogens is 336 g/mol. The third-order valence-corrected chi connectivity index (χ3v) is 3.84.